The number of amides is 1. The zero-order valence-electron chi connectivity index (χ0n) is 17.1. The number of nitrogens with zero attached hydrogens (tertiary/aromatic N) is 2. The largest absolute Gasteiger partial charge is 0.282 e. The van der Waals surface area contributed by atoms with E-state index in [0.29, 0.717) is 16.6 Å². The first-order chi connectivity index (χ1) is 15.0. The van der Waals surface area contributed by atoms with E-state index in [2.05, 4.69) is 0 Å². The van der Waals surface area contributed by atoms with E-state index >= 15 is 0 Å². The Kier molecular flexibility index (Phi) is 4.97. The molecule has 3 nitrogen and oxygen atoms in total. The molecule has 0 radical (unpaired) electrons. The van der Waals surface area contributed by atoms with Crippen molar-refractivity contribution >= 4 is 56.5 Å². The first kappa shape index (κ1) is 19.7. The van der Waals surface area contributed by atoms with Gasteiger partial charge in [-0.1, -0.05) is 77.3 Å². The van der Waals surface area contributed by atoms with Crippen LogP contribution in [0.3, 0.4) is 0 Å². The highest BCUT2D eigenvalue weighted by molar-refractivity contribution is 7.21. The highest BCUT2D eigenvalue weighted by Gasteiger charge is 2.34. The molecule has 0 fully saturated rings. The van der Waals surface area contributed by atoms with Crippen LogP contribution in [0, 0.1) is 13.8 Å². The van der Waals surface area contributed by atoms with Gasteiger partial charge in [-0.25, -0.2) is 4.99 Å². The summed E-state index contributed by atoms with van der Waals surface area (Å²) in [6, 6.07) is 23.9. The zero-order chi connectivity index (χ0) is 21.5. The van der Waals surface area contributed by atoms with Crippen LogP contribution in [0.1, 0.15) is 21.6 Å². The van der Waals surface area contributed by atoms with E-state index in [9.17, 15) is 4.79 Å². The average Bonchev–Trinajstić information content (AvgIpc) is 3.28. The molecule has 0 N–H and O–H groups in total. The molecule has 5 rings (SSSR count). The Morgan fingerprint density at radius 3 is 2.23 bits per heavy atom. The first-order valence-corrected chi connectivity index (χ1v) is 11.2. The molecule has 1 amide bonds. The number of aryl methyl sites for hydroxylation is 2. The van der Waals surface area contributed by atoms with Crippen LogP contribution in [0.5, 0.6) is 0 Å². The van der Waals surface area contributed by atoms with Gasteiger partial charge in [0, 0.05) is 10.1 Å². The van der Waals surface area contributed by atoms with Gasteiger partial charge in [0.15, 0.2) is 5.84 Å². The Labute approximate surface area is 189 Å². The number of benzene rings is 3. The fourth-order valence-electron chi connectivity index (χ4n) is 3.58. The molecule has 1 aliphatic heterocycles. The minimum atomic E-state index is -0.159. The molecule has 0 saturated carbocycles. The summed E-state index contributed by atoms with van der Waals surface area (Å²) in [6.07, 6.45) is 1.83. The van der Waals surface area contributed by atoms with Crippen molar-refractivity contribution in [1.29, 1.82) is 0 Å². The number of amidine groups is 1. The van der Waals surface area contributed by atoms with Crippen molar-refractivity contribution in [2.24, 2.45) is 4.99 Å². The molecule has 0 bridgehead atoms. The standard InChI is InChI=1S/C26H19ClN2OS/c1-16-7-11-18(12-8-16)15-21-26(30)29(19-13-9-17(2)10-14-19)25(28-21)24-23(27)20-5-3-4-6-22(20)31-24/h3-15H,1-2H3/b21-15+. The molecule has 152 valence electrons. The fourth-order valence-corrected chi connectivity index (χ4v) is 5.08. The van der Waals surface area contributed by atoms with Gasteiger partial charge < -0.3 is 0 Å². The number of hydrogen-bond donors (Lipinski definition) is 0. The van der Waals surface area contributed by atoms with Gasteiger partial charge in [-0.15, -0.1) is 11.3 Å². The summed E-state index contributed by atoms with van der Waals surface area (Å²) in [7, 11) is 0. The lowest BCUT2D eigenvalue weighted by Crippen LogP contribution is -2.32. The molecule has 2 heterocycles. The fraction of sp³-hybridized carbons (Fsp3) is 0.0769. The lowest BCUT2D eigenvalue weighted by atomic mass is 10.1. The summed E-state index contributed by atoms with van der Waals surface area (Å²) in [4.78, 5) is 20.7. The summed E-state index contributed by atoms with van der Waals surface area (Å²) in [5.41, 5.74) is 4.40. The molecule has 0 atom stereocenters. The van der Waals surface area contributed by atoms with E-state index in [1.807, 2.05) is 92.7 Å². The number of rotatable bonds is 3. The minimum Gasteiger partial charge on any atom is -0.266 e. The van der Waals surface area contributed by atoms with Crippen LogP contribution >= 0.6 is 22.9 Å². The lowest BCUT2D eigenvalue weighted by Gasteiger charge is -2.18. The summed E-state index contributed by atoms with van der Waals surface area (Å²) in [5, 5.41) is 1.60. The number of anilines is 1. The molecule has 1 aromatic heterocycles. The highest BCUT2D eigenvalue weighted by Crippen LogP contribution is 2.39. The summed E-state index contributed by atoms with van der Waals surface area (Å²) >= 11 is 8.31. The van der Waals surface area contributed by atoms with Gasteiger partial charge in [0.25, 0.3) is 5.91 Å². The number of carbonyl (C=O) groups excluding carboxylic acids is 1. The van der Waals surface area contributed by atoms with E-state index in [1.54, 1.807) is 16.2 Å². The van der Waals surface area contributed by atoms with Gasteiger partial charge >= 0.3 is 0 Å². The Morgan fingerprint density at radius 1 is 0.903 bits per heavy atom. The maximum atomic E-state index is 13.5. The second-order valence-corrected chi connectivity index (χ2v) is 9.02. The predicted molar refractivity (Wildman–Crippen MR) is 131 cm³/mol. The number of aliphatic imine (C=N–C) groups is 1. The quantitative estimate of drug-likeness (QED) is 0.314. The molecule has 5 heteroatoms. The molecule has 0 saturated heterocycles. The molecule has 0 aliphatic carbocycles. The third-order valence-electron chi connectivity index (χ3n) is 5.27. The molecule has 4 aromatic rings. The number of fused-ring (bicyclic) bond motifs is 1. The number of thiophene rings is 1. The van der Waals surface area contributed by atoms with E-state index in [-0.39, 0.29) is 5.91 Å². The van der Waals surface area contributed by atoms with Crippen molar-refractivity contribution in [2.75, 3.05) is 4.90 Å². The van der Waals surface area contributed by atoms with Crippen molar-refractivity contribution in [2.45, 2.75) is 13.8 Å². The third-order valence-corrected chi connectivity index (χ3v) is 6.94. The van der Waals surface area contributed by atoms with Crippen molar-refractivity contribution < 1.29 is 4.79 Å². The molecule has 0 unspecified atom stereocenters. The van der Waals surface area contributed by atoms with Gasteiger partial charge in [-0.2, -0.15) is 0 Å². The molecular weight excluding hydrogens is 424 g/mol. The van der Waals surface area contributed by atoms with E-state index in [4.69, 9.17) is 16.6 Å². The van der Waals surface area contributed by atoms with Crippen LogP contribution in [0.15, 0.2) is 83.5 Å². The Hall–Kier alpha value is -3.21. The summed E-state index contributed by atoms with van der Waals surface area (Å²) in [5.74, 6) is 0.409. The Balaban J connectivity index is 1.68. The van der Waals surface area contributed by atoms with Gasteiger partial charge in [0.05, 0.1) is 15.6 Å². The normalized spacial score (nSPS) is 15.2. The smallest absolute Gasteiger partial charge is 0.266 e. The number of carbonyl (C=O) groups is 1. The topological polar surface area (TPSA) is 32.7 Å². The first-order valence-electron chi connectivity index (χ1n) is 9.97. The Morgan fingerprint density at radius 2 is 1.55 bits per heavy atom. The minimum absolute atomic E-state index is 0.159. The molecule has 3 aromatic carbocycles. The van der Waals surface area contributed by atoms with Gasteiger partial charge in [-0.05, 0) is 43.7 Å². The zero-order valence-corrected chi connectivity index (χ0v) is 18.7. The predicted octanol–water partition coefficient (Wildman–Crippen LogP) is 7.01. The third kappa shape index (κ3) is 3.58. The number of hydrogen-bond acceptors (Lipinski definition) is 3. The Bertz CT molecular complexity index is 1370. The van der Waals surface area contributed by atoms with Crippen LogP contribution < -0.4 is 4.90 Å². The summed E-state index contributed by atoms with van der Waals surface area (Å²) < 4.78 is 1.07. The molecule has 31 heavy (non-hydrogen) atoms. The highest BCUT2D eigenvalue weighted by atomic mass is 35.5. The second kappa shape index (κ2) is 7.80. The van der Waals surface area contributed by atoms with Crippen LogP contribution in [0.2, 0.25) is 5.02 Å². The van der Waals surface area contributed by atoms with E-state index in [1.165, 1.54) is 5.56 Å². The van der Waals surface area contributed by atoms with Gasteiger partial charge in [-0.3, -0.25) is 9.69 Å². The van der Waals surface area contributed by atoms with Gasteiger partial charge in [0.1, 0.15) is 5.70 Å². The monoisotopic (exact) mass is 442 g/mol. The van der Waals surface area contributed by atoms with Crippen molar-refractivity contribution in [1.82, 2.24) is 0 Å². The maximum Gasteiger partial charge on any atom is 0.282 e. The van der Waals surface area contributed by atoms with Crippen molar-refractivity contribution in [3.8, 4) is 0 Å². The van der Waals surface area contributed by atoms with Crippen LogP contribution in [0.25, 0.3) is 16.2 Å². The van der Waals surface area contributed by atoms with Crippen LogP contribution in [-0.4, -0.2) is 11.7 Å². The molecule has 1 aliphatic rings. The summed E-state index contributed by atoms with van der Waals surface area (Å²) in [6.45, 7) is 4.06. The average molecular weight is 443 g/mol. The lowest BCUT2D eigenvalue weighted by molar-refractivity contribution is -0.113. The SMILES string of the molecule is Cc1ccc(/C=C2/N=C(c3sc4ccccc4c3Cl)N(c3ccc(C)cc3)C2=O)cc1. The van der Waals surface area contributed by atoms with E-state index < -0.39 is 0 Å². The van der Waals surface area contributed by atoms with Gasteiger partial charge in [0.2, 0.25) is 0 Å². The number of halogens is 1. The molecule has 0 spiro atoms. The van der Waals surface area contributed by atoms with Crippen molar-refractivity contribution in [3.05, 3.63) is 105 Å². The van der Waals surface area contributed by atoms with E-state index in [0.717, 1.165) is 31.8 Å². The maximum absolute atomic E-state index is 13.5. The second-order valence-electron chi connectivity index (χ2n) is 7.59. The van der Waals surface area contributed by atoms with Crippen molar-refractivity contribution in [3.63, 3.8) is 0 Å². The molecular formula is C26H19ClN2OS. The van der Waals surface area contributed by atoms with Crippen LogP contribution in [-0.2, 0) is 4.79 Å². The van der Waals surface area contributed by atoms with Crippen LogP contribution in [0.4, 0.5) is 5.69 Å².